The van der Waals surface area contributed by atoms with E-state index in [1.54, 1.807) is 37.3 Å². The molecule has 0 spiro atoms. The maximum atomic E-state index is 13.5. The molecule has 1 atom stereocenters. The van der Waals surface area contributed by atoms with Gasteiger partial charge in [-0.25, -0.2) is 0 Å². The number of nitrogens with one attached hydrogen (secondary N) is 2. The Balaban J connectivity index is 5.22. The minimum atomic E-state index is -4.60. The number of carbonyl (C=O) groups excluding carboxylic acids is 1. The number of hydrogen-bond acceptors (Lipinski definition) is 3. The standard InChI is InChI=1S/C19H26F3N3O/c1-5-7-8-9-10-11-15(3)25-18(19(20,21)22)17(6-2)16(4)24-13-12-23-14-26/h5-10,14-15,24H,1,4,11-13H2,2-3H3,(H,23,26)/b8-7-,10-9-,17-6-,25-18?. The Hall–Kier alpha value is -2.57. The van der Waals surface area contributed by atoms with Gasteiger partial charge in [0.2, 0.25) is 6.41 Å². The molecule has 2 N–H and O–H groups in total. The van der Waals surface area contributed by atoms with E-state index in [0.29, 0.717) is 12.8 Å². The van der Waals surface area contributed by atoms with Crippen molar-refractivity contribution in [2.75, 3.05) is 13.1 Å². The molecule has 0 saturated heterocycles. The molecule has 0 heterocycles. The van der Waals surface area contributed by atoms with Crippen molar-refractivity contribution in [3.63, 3.8) is 0 Å². The summed E-state index contributed by atoms with van der Waals surface area (Å²) >= 11 is 0. The summed E-state index contributed by atoms with van der Waals surface area (Å²) in [6, 6.07) is -0.556. The first-order valence-corrected chi connectivity index (χ1v) is 8.14. The van der Waals surface area contributed by atoms with Crippen LogP contribution in [0.25, 0.3) is 0 Å². The van der Waals surface area contributed by atoms with Gasteiger partial charge in [0.25, 0.3) is 0 Å². The molecule has 0 aliphatic heterocycles. The SMILES string of the molecule is C=C/C=C\C=C/CC(C)N=C(/C(=C\C)C(=C)NCCNC=O)C(F)(F)F. The molecule has 144 valence electrons. The van der Waals surface area contributed by atoms with Crippen LogP contribution in [0.1, 0.15) is 20.3 Å². The van der Waals surface area contributed by atoms with Gasteiger partial charge in [-0.15, -0.1) is 0 Å². The topological polar surface area (TPSA) is 53.5 Å². The second-order valence-electron chi connectivity index (χ2n) is 5.29. The van der Waals surface area contributed by atoms with E-state index < -0.39 is 17.9 Å². The predicted octanol–water partition coefficient (Wildman–Crippen LogP) is 3.86. The molecule has 7 heteroatoms. The monoisotopic (exact) mass is 369 g/mol. The molecule has 4 nitrogen and oxygen atoms in total. The third-order valence-electron chi connectivity index (χ3n) is 3.15. The summed E-state index contributed by atoms with van der Waals surface area (Å²) in [5.74, 6) is 0. The molecule has 0 aliphatic rings. The van der Waals surface area contributed by atoms with Gasteiger partial charge in [-0.3, -0.25) is 9.79 Å². The highest BCUT2D eigenvalue weighted by molar-refractivity contribution is 6.07. The van der Waals surface area contributed by atoms with Crippen molar-refractivity contribution in [1.29, 1.82) is 0 Å². The summed E-state index contributed by atoms with van der Waals surface area (Å²) in [5.41, 5.74) is -0.970. The number of rotatable bonds is 12. The van der Waals surface area contributed by atoms with Crippen LogP contribution in [0.2, 0.25) is 0 Å². The highest BCUT2D eigenvalue weighted by atomic mass is 19.4. The minimum Gasteiger partial charge on any atom is -0.383 e. The number of carbonyl (C=O) groups is 1. The zero-order valence-corrected chi connectivity index (χ0v) is 15.1. The lowest BCUT2D eigenvalue weighted by Crippen LogP contribution is -2.32. The van der Waals surface area contributed by atoms with E-state index in [1.807, 2.05) is 0 Å². The number of nitrogens with zero attached hydrogens (tertiary/aromatic N) is 1. The maximum Gasteiger partial charge on any atom is 0.433 e. The van der Waals surface area contributed by atoms with E-state index in [0.717, 1.165) is 0 Å². The van der Waals surface area contributed by atoms with Crippen LogP contribution >= 0.6 is 0 Å². The van der Waals surface area contributed by atoms with Crippen molar-refractivity contribution >= 4 is 12.1 Å². The fourth-order valence-corrected chi connectivity index (χ4v) is 1.96. The molecule has 0 aromatic carbocycles. The zero-order chi connectivity index (χ0) is 20.0. The fourth-order valence-electron chi connectivity index (χ4n) is 1.96. The zero-order valence-electron chi connectivity index (χ0n) is 15.1. The second kappa shape index (κ2) is 12.7. The summed E-state index contributed by atoms with van der Waals surface area (Å²) in [5, 5.41) is 5.18. The Morgan fingerprint density at radius 2 is 1.92 bits per heavy atom. The van der Waals surface area contributed by atoms with Crippen LogP contribution < -0.4 is 10.6 Å². The van der Waals surface area contributed by atoms with Gasteiger partial charge in [-0.2, -0.15) is 13.2 Å². The Bertz CT molecular complexity index is 587. The van der Waals surface area contributed by atoms with Gasteiger partial charge in [-0.1, -0.05) is 49.6 Å². The molecule has 0 aliphatic carbocycles. The van der Waals surface area contributed by atoms with Gasteiger partial charge < -0.3 is 10.6 Å². The van der Waals surface area contributed by atoms with Crippen molar-refractivity contribution in [2.45, 2.75) is 32.5 Å². The molecule has 0 aromatic rings. The highest BCUT2D eigenvalue weighted by Gasteiger charge is 2.38. The molecule has 0 saturated carbocycles. The van der Waals surface area contributed by atoms with Gasteiger partial charge in [0.05, 0.1) is 6.04 Å². The lowest BCUT2D eigenvalue weighted by atomic mass is 10.1. The van der Waals surface area contributed by atoms with E-state index in [4.69, 9.17) is 0 Å². The lowest BCUT2D eigenvalue weighted by molar-refractivity contribution is -0.109. The Kier molecular flexibility index (Phi) is 11.5. The Morgan fingerprint density at radius 3 is 2.46 bits per heavy atom. The van der Waals surface area contributed by atoms with Crippen molar-refractivity contribution < 1.29 is 18.0 Å². The summed E-state index contributed by atoms with van der Waals surface area (Å²) in [7, 11) is 0. The maximum absolute atomic E-state index is 13.5. The molecule has 0 radical (unpaired) electrons. The molecule has 26 heavy (non-hydrogen) atoms. The van der Waals surface area contributed by atoms with Gasteiger partial charge in [0.15, 0.2) is 0 Å². The number of aliphatic imine (C=N–C) groups is 1. The predicted molar refractivity (Wildman–Crippen MR) is 101 cm³/mol. The third-order valence-corrected chi connectivity index (χ3v) is 3.15. The smallest absolute Gasteiger partial charge is 0.383 e. The average Bonchev–Trinajstić information content (AvgIpc) is 2.57. The minimum absolute atomic E-state index is 0.105. The van der Waals surface area contributed by atoms with Gasteiger partial charge >= 0.3 is 6.18 Å². The molecule has 0 rings (SSSR count). The largest absolute Gasteiger partial charge is 0.433 e. The molecule has 1 amide bonds. The van der Waals surface area contributed by atoms with Crippen LogP contribution in [0, 0.1) is 0 Å². The number of halogens is 3. The number of amides is 1. The Labute approximate surface area is 153 Å². The first-order valence-electron chi connectivity index (χ1n) is 8.14. The van der Waals surface area contributed by atoms with Crippen LogP contribution in [0.3, 0.4) is 0 Å². The summed E-state index contributed by atoms with van der Waals surface area (Å²) < 4.78 is 40.4. The van der Waals surface area contributed by atoms with E-state index in [-0.39, 0.29) is 24.4 Å². The van der Waals surface area contributed by atoms with E-state index in [2.05, 4.69) is 28.8 Å². The first-order chi connectivity index (χ1) is 12.3. The van der Waals surface area contributed by atoms with Crippen molar-refractivity contribution in [3.8, 4) is 0 Å². The number of allylic oxidation sites excluding steroid dienone is 6. The lowest BCUT2D eigenvalue weighted by Gasteiger charge is -2.19. The number of alkyl halides is 3. The molecule has 0 fully saturated rings. The van der Waals surface area contributed by atoms with Crippen LogP contribution in [-0.2, 0) is 4.79 Å². The first kappa shape index (κ1) is 23.4. The van der Waals surface area contributed by atoms with Crippen LogP contribution in [-0.4, -0.2) is 37.4 Å². The van der Waals surface area contributed by atoms with Gasteiger partial charge in [0, 0.05) is 24.4 Å². The van der Waals surface area contributed by atoms with E-state index in [9.17, 15) is 18.0 Å². The van der Waals surface area contributed by atoms with Crippen LogP contribution in [0.4, 0.5) is 13.2 Å². The fraction of sp³-hybridized carbons (Fsp3) is 0.368. The normalized spacial score (nSPS) is 14.5. The van der Waals surface area contributed by atoms with Gasteiger partial charge in [-0.05, 0) is 20.3 Å². The molecule has 0 aromatic heterocycles. The number of hydrogen-bond donors (Lipinski definition) is 2. The van der Waals surface area contributed by atoms with Crippen LogP contribution in [0.15, 0.2) is 65.9 Å². The quantitative estimate of drug-likeness (QED) is 0.238. The molecule has 1 unspecified atom stereocenters. The summed E-state index contributed by atoms with van der Waals surface area (Å²) in [6.07, 6.45) is 6.15. The van der Waals surface area contributed by atoms with Crippen molar-refractivity contribution in [1.82, 2.24) is 10.6 Å². The van der Waals surface area contributed by atoms with E-state index in [1.165, 1.54) is 13.0 Å². The van der Waals surface area contributed by atoms with Crippen molar-refractivity contribution in [2.24, 2.45) is 4.99 Å². The summed E-state index contributed by atoms with van der Waals surface area (Å²) in [4.78, 5) is 14.0. The molecule has 0 bridgehead atoms. The average molecular weight is 369 g/mol. The molecular weight excluding hydrogens is 343 g/mol. The van der Waals surface area contributed by atoms with Crippen molar-refractivity contribution in [3.05, 3.63) is 60.9 Å². The van der Waals surface area contributed by atoms with Crippen LogP contribution in [0.5, 0.6) is 0 Å². The van der Waals surface area contributed by atoms with E-state index >= 15 is 0 Å². The summed E-state index contributed by atoms with van der Waals surface area (Å²) in [6.45, 7) is 10.8. The third kappa shape index (κ3) is 9.66. The Morgan fingerprint density at radius 1 is 1.23 bits per heavy atom. The second-order valence-corrected chi connectivity index (χ2v) is 5.29. The molecular formula is C19H26F3N3O. The highest BCUT2D eigenvalue weighted by Crippen LogP contribution is 2.26. The van der Waals surface area contributed by atoms with Gasteiger partial charge in [0.1, 0.15) is 5.71 Å².